The molecule has 0 aliphatic carbocycles. The summed E-state index contributed by atoms with van der Waals surface area (Å²) in [5, 5.41) is 6.69. The van der Waals surface area contributed by atoms with Gasteiger partial charge in [0.2, 0.25) is 5.91 Å². The van der Waals surface area contributed by atoms with Crippen molar-refractivity contribution < 1.29 is 9.53 Å². The summed E-state index contributed by atoms with van der Waals surface area (Å²) in [4.78, 5) is 14.7. The average Bonchev–Trinajstić information content (AvgIpc) is 2.63. The Morgan fingerprint density at radius 3 is 2.88 bits per heavy atom. The molecule has 0 spiro atoms. The number of nitrogens with one attached hydrogen (secondary N) is 2. The van der Waals surface area contributed by atoms with Crippen molar-refractivity contribution in [3.05, 3.63) is 0 Å². The van der Waals surface area contributed by atoms with Crippen LogP contribution < -0.4 is 10.6 Å². The van der Waals surface area contributed by atoms with Crippen molar-refractivity contribution in [2.24, 2.45) is 0 Å². The molecule has 3 unspecified atom stereocenters. The van der Waals surface area contributed by atoms with Crippen molar-refractivity contribution in [1.82, 2.24) is 15.5 Å². The van der Waals surface area contributed by atoms with Gasteiger partial charge < -0.3 is 20.3 Å². The van der Waals surface area contributed by atoms with Crippen LogP contribution in [0.3, 0.4) is 0 Å². The monoisotopic (exact) mass is 239 g/mol. The van der Waals surface area contributed by atoms with Crippen LogP contribution >= 0.6 is 0 Å². The maximum atomic E-state index is 12.5. The third-order valence-electron chi connectivity index (χ3n) is 4.13. The predicted molar refractivity (Wildman–Crippen MR) is 63.8 cm³/mol. The van der Waals surface area contributed by atoms with Crippen molar-refractivity contribution in [2.75, 3.05) is 32.8 Å². The first-order valence-electron chi connectivity index (χ1n) is 6.70. The third kappa shape index (κ3) is 2.19. The minimum atomic E-state index is -0.120. The standard InChI is InChI=1S/C12H21N3O2/c16-12(11-8-17-6-5-14-11)15-9-1-2-10(15)7-13-4-3-9/h9-11,13-14H,1-8H2. The molecule has 17 heavy (non-hydrogen) atoms. The van der Waals surface area contributed by atoms with Crippen molar-refractivity contribution in [2.45, 2.75) is 37.4 Å². The number of carbonyl (C=O) groups excluding carboxylic acids is 1. The summed E-state index contributed by atoms with van der Waals surface area (Å²) in [7, 11) is 0. The number of hydrogen-bond donors (Lipinski definition) is 2. The highest BCUT2D eigenvalue weighted by atomic mass is 16.5. The number of carbonyl (C=O) groups is 1. The molecule has 3 aliphatic heterocycles. The molecule has 0 aromatic carbocycles. The molecule has 96 valence electrons. The van der Waals surface area contributed by atoms with Crippen LogP contribution in [0.2, 0.25) is 0 Å². The van der Waals surface area contributed by atoms with Gasteiger partial charge in [0.25, 0.3) is 0 Å². The van der Waals surface area contributed by atoms with E-state index in [1.165, 1.54) is 6.42 Å². The summed E-state index contributed by atoms with van der Waals surface area (Å²) in [5.74, 6) is 0.251. The molecule has 3 heterocycles. The second-order valence-electron chi connectivity index (χ2n) is 5.20. The molecular formula is C12H21N3O2. The van der Waals surface area contributed by atoms with E-state index >= 15 is 0 Å². The molecule has 0 radical (unpaired) electrons. The van der Waals surface area contributed by atoms with E-state index in [1.54, 1.807) is 0 Å². The fraction of sp³-hybridized carbons (Fsp3) is 0.917. The van der Waals surface area contributed by atoms with Crippen LogP contribution in [0.4, 0.5) is 0 Å². The molecule has 3 fully saturated rings. The van der Waals surface area contributed by atoms with E-state index < -0.39 is 0 Å². The third-order valence-corrected chi connectivity index (χ3v) is 4.13. The number of amides is 1. The highest BCUT2D eigenvalue weighted by Gasteiger charge is 2.40. The van der Waals surface area contributed by atoms with Gasteiger partial charge in [0.05, 0.1) is 13.2 Å². The van der Waals surface area contributed by atoms with E-state index in [0.29, 0.717) is 18.7 Å². The van der Waals surface area contributed by atoms with E-state index in [9.17, 15) is 4.79 Å². The smallest absolute Gasteiger partial charge is 0.242 e. The van der Waals surface area contributed by atoms with Gasteiger partial charge in [-0.15, -0.1) is 0 Å². The maximum absolute atomic E-state index is 12.5. The number of fused-ring (bicyclic) bond motifs is 2. The number of morpholine rings is 1. The average molecular weight is 239 g/mol. The van der Waals surface area contributed by atoms with Gasteiger partial charge >= 0.3 is 0 Å². The molecule has 0 aromatic rings. The van der Waals surface area contributed by atoms with Crippen molar-refractivity contribution >= 4 is 5.91 Å². The SMILES string of the molecule is O=C(C1COCCN1)N1C2CCNCC1CC2. The fourth-order valence-electron chi connectivity index (χ4n) is 3.25. The number of nitrogens with zero attached hydrogens (tertiary/aromatic N) is 1. The van der Waals surface area contributed by atoms with Gasteiger partial charge in [-0.25, -0.2) is 0 Å². The molecule has 2 N–H and O–H groups in total. The topological polar surface area (TPSA) is 53.6 Å². The van der Waals surface area contributed by atoms with Gasteiger partial charge in [0.15, 0.2) is 0 Å². The summed E-state index contributed by atoms with van der Waals surface area (Å²) in [6, 6.07) is 0.731. The van der Waals surface area contributed by atoms with Crippen LogP contribution in [0.25, 0.3) is 0 Å². The number of hydrogen-bond acceptors (Lipinski definition) is 4. The van der Waals surface area contributed by atoms with Crippen LogP contribution in [0.1, 0.15) is 19.3 Å². The Kier molecular flexibility index (Phi) is 3.31. The second-order valence-corrected chi connectivity index (χ2v) is 5.20. The van der Waals surface area contributed by atoms with Crippen LogP contribution in [-0.4, -0.2) is 61.8 Å². The molecule has 3 atom stereocenters. The van der Waals surface area contributed by atoms with Crippen LogP contribution in [-0.2, 0) is 9.53 Å². The quantitative estimate of drug-likeness (QED) is 0.637. The lowest BCUT2D eigenvalue weighted by atomic mass is 10.1. The highest BCUT2D eigenvalue weighted by molar-refractivity contribution is 5.83. The van der Waals surface area contributed by atoms with E-state index in [4.69, 9.17) is 4.74 Å². The zero-order chi connectivity index (χ0) is 11.7. The summed E-state index contributed by atoms with van der Waals surface area (Å²) in [6.45, 7) is 4.04. The lowest BCUT2D eigenvalue weighted by Crippen LogP contribution is -2.55. The Balaban J connectivity index is 1.71. The van der Waals surface area contributed by atoms with Gasteiger partial charge in [0, 0.05) is 25.2 Å². The highest BCUT2D eigenvalue weighted by Crippen LogP contribution is 2.28. The van der Waals surface area contributed by atoms with Gasteiger partial charge in [-0.05, 0) is 25.8 Å². The Hall–Kier alpha value is -0.650. The van der Waals surface area contributed by atoms with Gasteiger partial charge in [-0.3, -0.25) is 4.79 Å². The molecule has 3 aliphatic rings. The molecule has 3 saturated heterocycles. The summed E-state index contributed by atoms with van der Waals surface area (Å²) >= 11 is 0. The largest absolute Gasteiger partial charge is 0.378 e. The summed E-state index contributed by atoms with van der Waals surface area (Å²) in [6.07, 6.45) is 3.42. The fourth-order valence-corrected chi connectivity index (χ4v) is 3.25. The van der Waals surface area contributed by atoms with Gasteiger partial charge in [-0.2, -0.15) is 0 Å². The zero-order valence-corrected chi connectivity index (χ0v) is 10.2. The van der Waals surface area contributed by atoms with Gasteiger partial charge in [-0.1, -0.05) is 0 Å². The van der Waals surface area contributed by atoms with E-state index in [0.717, 1.165) is 39.1 Å². The predicted octanol–water partition coefficient (Wildman–Crippen LogP) is -0.672. The maximum Gasteiger partial charge on any atom is 0.242 e. The Labute approximate surface area is 102 Å². The lowest BCUT2D eigenvalue weighted by Gasteiger charge is -2.33. The van der Waals surface area contributed by atoms with Crippen molar-refractivity contribution in [3.63, 3.8) is 0 Å². The van der Waals surface area contributed by atoms with Crippen LogP contribution in [0.5, 0.6) is 0 Å². The summed E-state index contributed by atoms with van der Waals surface area (Å²) < 4.78 is 5.39. The number of ether oxygens (including phenoxy) is 1. The normalized spacial score (nSPS) is 37.9. The van der Waals surface area contributed by atoms with Crippen molar-refractivity contribution in [1.29, 1.82) is 0 Å². The molecule has 3 rings (SSSR count). The first kappa shape index (κ1) is 11.4. The van der Waals surface area contributed by atoms with Crippen LogP contribution in [0.15, 0.2) is 0 Å². The first-order valence-corrected chi connectivity index (χ1v) is 6.70. The Bertz CT molecular complexity index is 277. The van der Waals surface area contributed by atoms with E-state index in [2.05, 4.69) is 15.5 Å². The molecule has 0 saturated carbocycles. The minimum absolute atomic E-state index is 0.120. The molecule has 0 aromatic heterocycles. The molecule has 5 nitrogen and oxygen atoms in total. The molecule has 1 amide bonds. The molecule has 2 bridgehead atoms. The Morgan fingerprint density at radius 2 is 2.06 bits per heavy atom. The van der Waals surface area contributed by atoms with Crippen molar-refractivity contribution in [3.8, 4) is 0 Å². The molecule has 5 heteroatoms. The second kappa shape index (κ2) is 4.92. The lowest BCUT2D eigenvalue weighted by molar-refractivity contribution is -0.139. The van der Waals surface area contributed by atoms with Crippen LogP contribution in [0, 0.1) is 0 Å². The van der Waals surface area contributed by atoms with Gasteiger partial charge in [0.1, 0.15) is 6.04 Å². The Morgan fingerprint density at radius 1 is 1.18 bits per heavy atom. The molecular weight excluding hydrogens is 218 g/mol. The first-order chi connectivity index (χ1) is 8.36. The van der Waals surface area contributed by atoms with E-state index in [-0.39, 0.29) is 11.9 Å². The summed E-state index contributed by atoms with van der Waals surface area (Å²) in [5.41, 5.74) is 0. The van der Waals surface area contributed by atoms with E-state index in [1.807, 2.05) is 0 Å². The minimum Gasteiger partial charge on any atom is -0.378 e. The zero-order valence-electron chi connectivity index (χ0n) is 10.2. The number of rotatable bonds is 1.